The number of carbonyl (C=O) groups excluding carboxylic acids is 1. The van der Waals surface area contributed by atoms with Crippen molar-refractivity contribution < 1.29 is 18.3 Å². The van der Waals surface area contributed by atoms with Gasteiger partial charge in [0.25, 0.3) is 11.5 Å². The minimum atomic E-state index is -3.84. The first-order valence-corrected chi connectivity index (χ1v) is 15.0. The summed E-state index contributed by atoms with van der Waals surface area (Å²) in [6.07, 6.45) is 2.76. The maximum atomic E-state index is 13.5. The van der Waals surface area contributed by atoms with E-state index in [1.54, 1.807) is 17.8 Å². The summed E-state index contributed by atoms with van der Waals surface area (Å²) in [6.45, 7) is 5.10. The Balaban J connectivity index is 1.53. The number of aliphatic hydroxyl groups excluding tert-OH is 1. The molecule has 1 aromatic carbocycles. The monoisotopic (exact) mass is 600 g/mol. The van der Waals surface area contributed by atoms with Crippen LogP contribution in [0.1, 0.15) is 45.8 Å². The zero-order valence-corrected chi connectivity index (χ0v) is 24.4. The van der Waals surface area contributed by atoms with Gasteiger partial charge in [0, 0.05) is 30.9 Å². The second kappa shape index (κ2) is 10.8. The summed E-state index contributed by atoms with van der Waals surface area (Å²) in [6, 6.07) is 6.24. The van der Waals surface area contributed by atoms with Gasteiger partial charge in [-0.25, -0.2) is 23.1 Å². The van der Waals surface area contributed by atoms with Gasteiger partial charge in [0.1, 0.15) is 5.15 Å². The Morgan fingerprint density at radius 1 is 1.22 bits per heavy atom. The maximum absolute atomic E-state index is 13.5. The molecule has 3 N–H and O–H groups in total. The van der Waals surface area contributed by atoms with Crippen molar-refractivity contribution >= 4 is 50.1 Å². The first-order valence-electron chi connectivity index (χ1n) is 12.7. The molecule has 0 saturated heterocycles. The number of rotatable bonds is 8. The number of aliphatic hydroxyl groups is 1. The number of carbonyl (C=O) groups is 1. The lowest BCUT2D eigenvalue weighted by atomic mass is 10.0. The molecular formula is C26H29ClN8O5S. The first-order chi connectivity index (χ1) is 19.3. The summed E-state index contributed by atoms with van der Waals surface area (Å²) in [5, 5.41) is 17.4. The van der Waals surface area contributed by atoms with Crippen LogP contribution in [0.3, 0.4) is 0 Å². The minimum Gasteiger partial charge on any atom is -0.394 e. The van der Waals surface area contributed by atoms with Gasteiger partial charge >= 0.3 is 0 Å². The summed E-state index contributed by atoms with van der Waals surface area (Å²) in [5.41, 5.74) is 3.76. The molecule has 1 aliphatic heterocycles. The molecule has 0 radical (unpaired) electrons. The van der Waals surface area contributed by atoms with E-state index in [4.69, 9.17) is 16.6 Å². The number of fused-ring (bicyclic) bond motifs is 2. The van der Waals surface area contributed by atoms with Gasteiger partial charge in [-0.05, 0) is 37.6 Å². The molecular weight excluding hydrogens is 572 g/mol. The fourth-order valence-corrected chi connectivity index (χ4v) is 5.56. The smallest absolute Gasteiger partial charge is 0.285 e. The van der Waals surface area contributed by atoms with E-state index in [0.29, 0.717) is 42.0 Å². The van der Waals surface area contributed by atoms with E-state index >= 15 is 0 Å². The Hall–Kier alpha value is -4.01. The minimum absolute atomic E-state index is 0.00459. The van der Waals surface area contributed by atoms with Crippen molar-refractivity contribution in [1.82, 2.24) is 29.0 Å². The number of hydrogen-bond donors (Lipinski definition) is 3. The third-order valence-corrected chi connectivity index (χ3v) is 7.53. The van der Waals surface area contributed by atoms with E-state index in [1.165, 1.54) is 16.7 Å². The van der Waals surface area contributed by atoms with E-state index < -0.39 is 22.0 Å². The van der Waals surface area contributed by atoms with Crippen LogP contribution in [0.2, 0.25) is 5.15 Å². The third-order valence-electron chi connectivity index (χ3n) is 6.76. The number of sulfonamides is 1. The highest BCUT2D eigenvalue weighted by Crippen LogP contribution is 2.31. The normalized spacial score (nSPS) is 13.9. The van der Waals surface area contributed by atoms with Crippen LogP contribution in [0.15, 0.2) is 35.3 Å². The predicted octanol–water partition coefficient (Wildman–Crippen LogP) is 1.86. The summed E-state index contributed by atoms with van der Waals surface area (Å²) in [4.78, 5) is 37.2. The van der Waals surface area contributed by atoms with E-state index in [0.717, 1.165) is 23.1 Å². The van der Waals surface area contributed by atoms with Gasteiger partial charge in [-0.3, -0.25) is 18.8 Å². The number of hydrogen-bond acceptors (Lipinski definition) is 10. The number of benzene rings is 1. The number of nitrogens with one attached hydrogen (secondary N) is 2. The van der Waals surface area contributed by atoms with Crippen molar-refractivity contribution in [2.24, 2.45) is 7.05 Å². The predicted molar refractivity (Wildman–Crippen MR) is 155 cm³/mol. The number of pyridine rings is 1. The molecule has 4 aromatic rings. The third kappa shape index (κ3) is 5.76. The standard InChI is InChI=1S/C26H29ClN8O5S/c1-14-9-17(15(2)28-19-5-6-21(27)29-23(19)24(37)32-41(4,39)40)22-18(10-14)25(38)33(3)26(30-22)34-11-16-12-35(7-8-36)31-20(16)13-34/h5-6,9-10,12,15,28,36H,7-8,11,13H2,1-4H3,(H,32,37)/t15-/m1/s1. The number of halogens is 1. The van der Waals surface area contributed by atoms with Crippen LogP contribution in [0.4, 0.5) is 11.6 Å². The van der Waals surface area contributed by atoms with E-state index in [1.807, 2.05) is 35.7 Å². The van der Waals surface area contributed by atoms with Crippen LogP contribution in [0.5, 0.6) is 0 Å². The van der Waals surface area contributed by atoms with Crippen LogP contribution in [-0.4, -0.2) is 56.6 Å². The van der Waals surface area contributed by atoms with Gasteiger partial charge in [-0.2, -0.15) is 5.10 Å². The molecule has 1 aliphatic rings. The number of aryl methyl sites for hydroxylation is 1. The molecule has 5 rings (SSSR count). The average Bonchev–Trinajstić information content (AvgIpc) is 3.45. The van der Waals surface area contributed by atoms with Crippen LogP contribution in [0, 0.1) is 6.92 Å². The second-order valence-electron chi connectivity index (χ2n) is 10.1. The average molecular weight is 601 g/mol. The van der Waals surface area contributed by atoms with E-state index in [2.05, 4.69) is 15.4 Å². The Morgan fingerprint density at radius 2 is 1.98 bits per heavy atom. The quantitative estimate of drug-likeness (QED) is 0.254. The van der Waals surface area contributed by atoms with Crippen LogP contribution in [-0.2, 0) is 36.7 Å². The van der Waals surface area contributed by atoms with Gasteiger partial charge in [-0.15, -0.1) is 0 Å². The molecule has 0 aliphatic carbocycles. The van der Waals surface area contributed by atoms with Crippen LogP contribution < -0.4 is 20.5 Å². The number of anilines is 2. The highest BCUT2D eigenvalue weighted by molar-refractivity contribution is 7.89. The van der Waals surface area contributed by atoms with Crippen molar-refractivity contribution in [2.75, 3.05) is 23.1 Å². The van der Waals surface area contributed by atoms with Crippen molar-refractivity contribution in [1.29, 1.82) is 0 Å². The Morgan fingerprint density at radius 3 is 2.66 bits per heavy atom. The van der Waals surface area contributed by atoms with Crippen LogP contribution in [0.25, 0.3) is 10.9 Å². The van der Waals surface area contributed by atoms with Crippen LogP contribution >= 0.6 is 11.6 Å². The van der Waals surface area contributed by atoms with Crippen molar-refractivity contribution in [3.8, 4) is 0 Å². The lowest BCUT2D eigenvalue weighted by Gasteiger charge is -2.23. The Kier molecular flexibility index (Phi) is 7.48. The lowest BCUT2D eigenvalue weighted by Crippen LogP contribution is -2.31. The van der Waals surface area contributed by atoms with Gasteiger partial charge in [0.05, 0.1) is 54.3 Å². The van der Waals surface area contributed by atoms with Crippen molar-refractivity contribution in [2.45, 2.75) is 39.5 Å². The summed E-state index contributed by atoms with van der Waals surface area (Å²) >= 11 is 6.01. The summed E-state index contributed by atoms with van der Waals surface area (Å²) < 4.78 is 28.5. The molecule has 3 aromatic heterocycles. The number of aromatic nitrogens is 5. The van der Waals surface area contributed by atoms with Gasteiger partial charge in [0.2, 0.25) is 16.0 Å². The van der Waals surface area contributed by atoms with E-state index in [-0.39, 0.29) is 28.7 Å². The molecule has 1 amide bonds. The molecule has 1 atom stereocenters. The SMILES string of the molecule is Cc1cc([C@@H](C)Nc2ccc(Cl)nc2C(=O)NS(C)(=O)=O)c2nc(N3Cc4cn(CCO)nc4C3)n(C)c(=O)c2c1. The van der Waals surface area contributed by atoms with Crippen molar-refractivity contribution in [3.63, 3.8) is 0 Å². The summed E-state index contributed by atoms with van der Waals surface area (Å²) in [7, 11) is -2.16. The Labute approximate surface area is 240 Å². The van der Waals surface area contributed by atoms with Crippen molar-refractivity contribution in [3.05, 3.63) is 74.0 Å². The first kappa shape index (κ1) is 28.5. The topological polar surface area (TPSA) is 164 Å². The molecule has 216 valence electrons. The largest absolute Gasteiger partial charge is 0.394 e. The maximum Gasteiger partial charge on any atom is 0.285 e. The zero-order valence-electron chi connectivity index (χ0n) is 22.8. The molecule has 15 heteroatoms. The molecule has 0 saturated carbocycles. The fourth-order valence-electron chi connectivity index (χ4n) is 4.98. The highest BCUT2D eigenvalue weighted by atomic mass is 35.5. The van der Waals surface area contributed by atoms with Gasteiger partial charge in [0.15, 0.2) is 5.69 Å². The highest BCUT2D eigenvalue weighted by Gasteiger charge is 2.27. The summed E-state index contributed by atoms with van der Waals surface area (Å²) in [5.74, 6) is -0.449. The number of amides is 1. The molecule has 13 nitrogen and oxygen atoms in total. The van der Waals surface area contributed by atoms with Gasteiger partial charge in [-0.1, -0.05) is 17.7 Å². The molecule has 4 heterocycles. The fraction of sp³-hybridized carbons (Fsp3) is 0.346. The molecule has 41 heavy (non-hydrogen) atoms. The lowest BCUT2D eigenvalue weighted by molar-refractivity contribution is 0.0977. The number of nitrogens with zero attached hydrogens (tertiary/aromatic N) is 6. The Bertz CT molecular complexity index is 1830. The van der Waals surface area contributed by atoms with Gasteiger partial charge < -0.3 is 15.3 Å². The molecule has 0 bridgehead atoms. The molecule has 0 fully saturated rings. The molecule has 0 unspecified atom stereocenters. The molecule has 0 spiro atoms. The zero-order chi connectivity index (χ0) is 29.6. The second-order valence-corrected chi connectivity index (χ2v) is 12.2. The van der Waals surface area contributed by atoms with E-state index in [9.17, 15) is 23.1 Å².